The van der Waals surface area contributed by atoms with E-state index in [1.807, 2.05) is 11.0 Å². The molecule has 0 aliphatic carbocycles. The predicted molar refractivity (Wildman–Crippen MR) is 78.2 cm³/mol. The van der Waals surface area contributed by atoms with Crippen molar-refractivity contribution in [3.05, 3.63) is 29.6 Å². The van der Waals surface area contributed by atoms with Crippen molar-refractivity contribution in [2.24, 2.45) is 0 Å². The molecule has 1 fully saturated rings. The summed E-state index contributed by atoms with van der Waals surface area (Å²) in [4.78, 5) is 13.6. The highest BCUT2D eigenvalue weighted by Gasteiger charge is 2.28. The first-order chi connectivity index (χ1) is 9.50. The molecule has 0 spiro atoms. The summed E-state index contributed by atoms with van der Waals surface area (Å²) in [6.45, 7) is 7.68. The average Bonchev–Trinajstić information content (AvgIpc) is 2.40. The van der Waals surface area contributed by atoms with E-state index in [2.05, 4.69) is 24.5 Å². The zero-order chi connectivity index (χ0) is 14.7. The van der Waals surface area contributed by atoms with Crippen LogP contribution in [-0.2, 0) is 11.3 Å². The fraction of sp³-hybridized carbons (Fsp3) is 0.533. The summed E-state index contributed by atoms with van der Waals surface area (Å²) in [5, 5.41) is 6.10. The van der Waals surface area contributed by atoms with E-state index >= 15 is 0 Å². The minimum atomic E-state index is -0.349. The standard InChI is InChI=1S/C15H22FN3O/c1-10(2)18-9-12-5-4-6-13(16)14(12)19-8-7-17-15(20)11(19)3/h4-6,10-11,18H,7-9H2,1-3H3,(H,17,20). The highest BCUT2D eigenvalue weighted by molar-refractivity contribution is 5.86. The average molecular weight is 279 g/mol. The van der Waals surface area contributed by atoms with Crippen LogP contribution >= 0.6 is 0 Å². The van der Waals surface area contributed by atoms with Crippen molar-refractivity contribution in [1.29, 1.82) is 0 Å². The number of piperazine rings is 1. The van der Waals surface area contributed by atoms with Gasteiger partial charge in [0.25, 0.3) is 0 Å². The van der Waals surface area contributed by atoms with E-state index in [-0.39, 0.29) is 17.8 Å². The van der Waals surface area contributed by atoms with Crippen LogP contribution in [0.25, 0.3) is 0 Å². The Labute approximate surface area is 119 Å². The zero-order valence-electron chi connectivity index (χ0n) is 12.2. The molecule has 5 heteroatoms. The van der Waals surface area contributed by atoms with E-state index in [4.69, 9.17) is 0 Å². The van der Waals surface area contributed by atoms with Gasteiger partial charge < -0.3 is 15.5 Å². The van der Waals surface area contributed by atoms with Crippen molar-refractivity contribution in [1.82, 2.24) is 10.6 Å². The molecule has 0 radical (unpaired) electrons. The van der Waals surface area contributed by atoms with Crippen molar-refractivity contribution in [3.8, 4) is 0 Å². The van der Waals surface area contributed by atoms with Crippen LogP contribution in [0, 0.1) is 5.82 Å². The summed E-state index contributed by atoms with van der Waals surface area (Å²) in [6, 6.07) is 5.05. The first-order valence-electron chi connectivity index (χ1n) is 7.06. The smallest absolute Gasteiger partial charge is 0.242 e. The Morgan fingerprint density at radius 3 is 2.95 bits per heavy atom. The van der Waals surface area contributed by atoms with Crippen LogP contribution in [0.4, 0.5) is 10.1 Å². The van der Waals surface area contributed by atoms with Crippen molar-refractivity contribution >= 4 is 11.6 Å². The van der Waals surface area contributed by atoms with Gasteiger partial charge in [-0.1, -0.05) is 26.0 Å². The minimum absolute atomic E-state index is 0.0535. The van der Waals surface area contributed by atoms with E-state index < -0.39 is 0 Å². The number of hydrogen-bond acceptors (Lipinski definition) is 3. The maximum absolute atomic E-state index is 14.3. The summed E-state index contributed by atoms with van der Waals surface area (Å²) in [5.41, 5.74) is 1.43. The minimum Gasteiger partial charge on any atom is -0.355 e. The van der Waals surface area contributed by atoms with Crippen molar-refractivity contribution in [2.75, 3.05) is 18.0 Å². The number of halogens is 1. The lowest BCUT2D eigenvalue weighted by Crippen LogP contribution is -2.54. The van der Waals surface area contributed by atoms with Gasteiger partial charge in [0.2, 0.25) is 5.91 Å². The van der Waals surface area contributed by atoms with Gasteiger partial charge in [0.15, 0.2) is 0 Å². The molecule has 4 nitrogen and oxygen atoms in total. The molecule has 1 saturated heterocycles. The summed E-state index contributed by atoms with van der Waals surface area (Å²) >= 11 is 0. The van der Waals surface area contributed by atoms with Crippen molar-refractivity contribution < 1.29 is 9.18 Å². The van der Waals surface area contributed by atoms with Crippen molar-refractivity contribution in [3.63, 3.8) is 0 Å². The van der Waals surface area contributed by atoms with Crippen LogP contribution in [0.5, 0.6) is 0 Å². The van der Waals surface area contributed by atoms with Gasteiger partial charge in [-0.3, -0.25) is 4.79 Å². The maximum atomic E-state index is 14.3. The molecule has 1 aliphatic heterocycles. The first kappa shape index (κ1) is 14.8. The highest BCUT2D eigenvalue weighted by Crippen LogP contribution is 2.27. The zero-order valence-corrected chi connectivity index (χ0v) is 12.2. The molecule has 1 aromatic rings. The van der Waals surface area contributed by atoms with Crippen LogP contribution in [0.3, 0.4) is 0 Å². The Bertz CT molecular complexity index is 490. The number of benzene rings is 1. The number of nitrogens with one attached hydrogen (secondary N) is 2. The molecule has 1 heterocycles. The third kappa shape index (κ3) is 3.10. The number of anilines is 1. The van der Waals surface area contributed by atoms with Crippen LogP contribution in [0.15, 0.2) is 18.2 Å². The fourth-order valence-electron chi connectivity index (χ4n) is 2.43. The second-order valence-corrected chi connectivity index (χ2v) is 5.44. The molecule has 1 aliphatic rings. The Hall–Kier alpha value is -1.62. The van der Waals surface area contributed by atoms with E-state index in [9.17, 15) is 9.18 Å². The van der Waals surface area contributed by atoms with E-state index in [1.54, 1.807) is 13.0 Å². The largest absolute Gasteiger partial charge is 0.355 e. The lowest BCUT2D eigenvalue weighted by atomic mass is 10.1. The third-order valence-electron chi connectivity index (χ3n) is 3.56. The third-order valence-corrected chi connectivity index (χ3v) is 3.56. The van der Waals surface area contributed by atoms with Gasteiger partial charge in [-0.05, 0) is 18.6 Å². The number of carbonyl (C=O) groups is 1. The molecular weight excluding hydrogens is 257 g/mol. The highest BCUT2D eigenvalue weighted by atomic mass is 19.1. The van der Waals surface area contributed by atoms with E-state index in [0.29, 0.717) is 31.4 Å². The van der Waals surface area contributed by atoms with Crippen LogP contribution in [0.1, 0.15) is 26.3 Å². The molecule has 1 amide bonds. The quantitative estimate of drug-likeness (QED) is 0.881. The first-order valence-corrected chi connectivity index (χ1v) is 7.06. The monoisotopic (exact) mass is 279 g/mol. The number of amides is 1. The van der Waals surface area contributed by atoms with Crippen LogP contribution in [-0.4, -0.2) is 31.1 Å². The normalized spacial score (nSPS) is 19.4. The van der Waals surface area contributed by atoms with Crippen molar-refractivity contribution in [2.45, 2.75) is 39.4 Å². The summed E-state index contributed by atoms with van der Waals surface area (Å²) in [5.74, 6) is -0.322. The number of nitrogens with zero attached hydrogens (tertiary/aromatic N) is 1. The van der Waals surface area contributed by atoms with E-state index in [1.165, 1.54) is 6.07 Å². The Morgan fingerprint density at radius 2 is 2.25 bits per heavy atom. The van der Waals surface area contributed by atoms with Gasteiger partial charge in [-0.2, -0.15) is 0 Å². The van der Waals surface area contributed by atoms with Crippen LogP contribution < -0.4 is 15.5 Å². The molecule has 2 N–H and O–H groups in total. The molecule has 2 rings (SSSR count). The van der Waals surface area contributed by atoms with Gasteiger partial charge >= 0.3 is 0 Å². The number of para-hydroxylation sites is 1. The van der Waals surface area contributed by atoms with E-state index in [0.717, 1.165) is 5.56 Å². The Balaban J connectivity index is 2.31. The predicted octanol–water partition coefficient (Wildman–Crippen LogP) is 1.65. The molecule has 0 aromatic heterocycles. The second kappa shape index (κ2) is 6.22. The van der Waals surface area contributed by atoms with Gasteiger partial charge in [0.1, 0.15) is 11.9 Å². The molecule has 0 bridgehead atoms. The molecule has 0 saturated carbocycles. The second-order valence-electron chi connectivity index (χ2n) is 5.44. The Morgan fingerprint density at radius 1 is 1.50 bits per heavy atom. The molecule has 110 valence electrons. The number of hydrogen-bond donors (Lipinski definition) is 2. The molecule has 1 atom stereocenters. The SMILES string of the molecule is CC(C)NCc1cccc(F)c1N1CCNC(=O)C1C. The number of rotatable bonds is 4. The molecular formula is C15H22FN3O. The lowest BCUT2D eigenvalue weighted by molar-refractivity contribution is -0.122. The Kier molecular flexibility index (Phi) is 4.60. The fourth-order valence-corrected chi connectivity index (χ4v) is 2.43. The lowest BCUT2D eigenvalue weighted by Gasteiger charge is -2.36. The maximum Gasteiger partial charge on any atom is 0.242 e. The van der Waals surface area contributed by atoms with Gasteiger partial charge in [0.05, 0.1) is 5.69 Å². The van der Waals surface area contributed by atoms with Crippen LogP contribution in [0.2, 0.25) is 0 Å². The number of carbonyl (C=O) groups excluding carboxylic acids is 1. The van der Waals surface area contributed by atoms with Gasteiger partial charge in [-0.25, -0.2) is 4.39 Å². The topological polar surface area (TPSA) is 44.4 Å². The summed E-state index contributed by atoms with van der Waals surface area (Å²) < 4.78 is 14.3. The summed E-state index contributed by atoms with van der Waals surface area (Å²) in [7, 11) is 0. The van der Waals surface area contributed by atoms with Gasteiger partial charge in [-0.15, -0.1) is 0 Å². The van der Waals surface area contributed by atoms with Gasteiger partial charge in [0, 0.05) is 25.7 Å². The molecule has 20 heavy (non-hydrogen) atoms. The summed E-state index contributed by atoms with van der Waals surface area (Å²) in [6.07, 6.45) is 0. The molecule has 1 aromatic carbocycles. The molecule has 1 unspecified atom stereocenters.